The Labute approximate surface area is 148 Å². The fraction of sp³-hybridized carbons (Fsp3) is 0.722. The maximum absolute atomic E-state index is 12.6. The summed E-state index contributed by atoms with van der Waals surface area (Å²) in [6, 6.07) is 0. The third-order valence-corrected chi connectivity index (χ3v) is 5.07. The van der Waals surface area contributed by atoms with Crippen LogP contribution in [0.4, 0.5) is 0 Å². The lowest BCUT2D eigenvalue weighted by molar-refractivity contribution is -0.134. The molecule has 0 saturated carbocycles. The normalized spacial score (nSPS) is 19.7. The Morgan fingerprint density at radius 2 is 1.92 bits per heavy atom. The summed E-state index contributed by atoms with van der Waals surface area (Å²) < 4.78 is 5.88. The highest BCUT2D eigenvalue weighted by Gasteiger charge is 2.30. The molecule has 0 bridgehead atoms. The Kier molecular flexibility index (Phi) is 4.86. The van der Waals surface area contributed by atoms with Gasteiger partial charge in [-0.25, -0.2) is 4.98 Å². The Balaban J connectivity index is 1.56. The van der Waals surface area contributed by atoms with Crippen LogP contribution in [0.5, 0.6) is 0 Å². The molecule has 2 N–H and O–H groups in total. The van der Waals surface area contributed by atoms with Gasteiger partial charge in [0.2, 0.25) is 11.8 Å². The minimum Gasteiger partial charge on any atom is -0.445 e. The highest BCUT2D eigenvalue weighted by Crippen LogP contribution is 2.27. The molecule has 1 aromatic rings. The van der Waals surface area contributed by atoms with Gasteiger partial charge in [0.1, 0.15) is 11.5 Å². The van der Waals surface area contributed by atoms with E-state index in [4.69, 9.17) is 10.2 Å². The van der Waals surface area contributed by atoms with E-state index in [-0.39, 0.29) is 23.1 Å². The number of carbonyl (C=O) groups excluding carboxylic acids is 2. The molecular weight excluding hydrogens is 320 g/mol. The highest BCUT2D eigenvalue weighted by atomic mass is 16.4. The third-order valence-electron chi connectivity index (χ3n) is 5.07. The molecule has 3 heterocycles. The van der Waals surface area contributed by atoms with Crippen LogP contribution in [-0.2, 0) is 28.0 Å². The molecule has 0 unspecified atom stereocenters. The van der Waals surface area contributed by atoms with Crippen LogP contribution in [0, 0.1) is 5.92 Å². The molecule has 1 fully saturated rings. The zero-order chi connectivity index (χ0) is 18.2. The minimum atomic E-state index is -0.227. The van der Waals surface area contributed by atoms with Crippen molar-refractivity contribution < 1.29 is 14.0 Å². The lowest BCUT2D eigenvalue weighted by Gasteiger charge is -2.32. The van der Waals surface area contributed by atoms with Crippen molar-refractivity contribution in [1.29, 1.82) is 0 Å². The van der Waals surface area contributed by atoms with E-state index in [1.54, 1.807) is 0 Å². The Morgan fingerprint density at radius 3 is 2.52 bits per heavy atom. The second-order valence-electron chi connectivity index (χ2n) is 8.16. The molecule has 1 saturated heterocycles. The summed E-state index contributed by atoms with van der Waals surface area (Å²) in [5.74, 6) is 1.49. The Hall–Kier alpha value is -1.89. The van der Waals surface area contributed by atoms with Gasteiger partial charge >= 0.3 is 0 Å². The first-order valence-corrected chi connectivity index (χ1v) is 9.02. The Morgan fingerprint density at radius 1 is 1.24 bits per heavy atom. The fourth-order valence-corrected chi connectivity index (χ4v) is 3.40. The number of hydrogen-bond donors (Lipinski definition) is 1. The fourth-order valence-electron chi connectivity index (χ4n) is 3.40. The van der Waals surface area contributed by atoms with Gasteiger partial charge in [-0.05, 0) is 25.9 Å². The predicted molar refractivity (Wildman–Crippen MR) is 92.7 cm³/mol. The van der Waals surface area contributed by atoms with Crippen molar-refractivity contribution in [2.45, 2.75) is 52.0 Å². The summed E-state index contributed by atoms with van der Waals surface area (Å²) in [5.41, 5.74) is 6.12. The van der Waals surface area contributed by atoms with Crippen LogP contribution in [0.15, 0.2) is 4.42 Å². The predicted octanol–water partition coefficient (Wildman–Crippen LogP) is 1.05. The monoisotopic (exact) mass is 348 g/mol. The van der Waals surface area contributed by atoms with Crippen LogP contribution in [0.1, 0.15) is 51.0 Å². The van der Waals surface area contributed by atoms with E-state index in [0.717, 1.165) is 43.3 Å². The average molecular weight is 348 g/mol. The van der Waals surface area contributed by atoms with E-state index in [1.165, 1.54) is 0 Å². The molecule has 7 nitrogen and oxygen atoms in total. The number of primary amides is 1. The number of rotatable bonds is 3. The number of nitrogens with zero attached hydrogens (tertiary/aromatic N) is 3. The lowest BCUT2D eigenvalue weighted by Crippen LogP contribution is -2.46. The van der Waals surface area contributed by atoms with Crippen molar-refractivity contribution in [3.63, 3.8) is 0 Å². The number of nitrogens with two attached hydrogens (primary N) is 1. The van der Waals surface area contributed by atoms with Crippen LogP contribution >= 0.6 is 0 Å². The van der Waals surface area contributed by atoms with E-state index >= 15 is 0 Å². The van der Waals surface area contributed by atoms with E-state index in [0.29, 0.717) is 26.1 Å². The molecule has 0 aromatic carbocycles. The number of hydrogen-bond acceptors (Lipinski definition) is 5. The molecule has 0 aliphatic carbocycles. The minimum absolute atomic E-state index is 0.0464. The SMILES string of the molecule is CC(C)(C)c1nc2c(o1)CCN(C(=O)CN1CCC(C(N)=O)CC1)C2. The van der Waals surface area contributed by atoms with Crippen LogP contribution in [0.2, 0.25) is 0 Å². The standard InChI is InChI=1S/C18H28N4O3/c1-18(2,3)17-20-13-10-22(9-6-14(13)25-17)15(23)11-21-7-4-12(5-8-21)16(19)24/h12H,4-11H2,1-3H3,(H2,19,24). The Bertz CT molecular complexity index is 654. The van der Waals surface area contributed by atoms with E-state index < -0.39 is 0 Å². The van der Waals surface area contributed by atoms with Gasteiger partial charge < -0.3 is 15.1 Å². The molecule has 2 aliphatic heterocycles. The van der Waals surface area contributed by atoms with E-state index in [9.17, 15) is 9.59 Å². The molecule has 0 radical (unpaired) electrons. The molecule has 7 heteroatoms. The van der Waals surface area contributed by atoms with Gasteiger partial charge in [0.05, 0.1) is 13.1 Å². The van der Waals surface area contributed by atoms with Gasteiger partial charge in [-0.3, -0.25) is 14.5 Å². The largest absolute Gasteiger partial charge is 0.445 e. The lowest BCUT2D eigenvalue weighted by atomic mass is 9.96. The van der Waals surface area contributed by atoms with Crippen molar-refractivity contribution in [3.05, 3.63) is 17.3 Å². The van der Waals surface area contributed by atoms with Gasteiger partial charge in [0.15, 0.2) is 5.89 Å². The van der Waals surface area contributed by atoms with Gasteiger partial charge in [-0.15, -0.1) is 0 Å². The summed E-state index contributed by atoms with van der Waals surface area (Å²) in [6.07, 6.45) is 2.20. The molecule has 2 aliphatic rings. The first-order valence-electron chi connectivity index (χ1n) is 9.02. The second-order valence-corrected chi connectivity index (χ2v) is 8.16. The maximum Gasteiger partial charge on any atom is 0.237 e. The third kappa shape index (κ3) is 4.03. The number of fused-ring (bicyclic) bond motifs is 1. The second kappa shape index (κ2) is 6.78. The topological polar surface area (TPSA) is 92.7 Å². The zero-order valence-electron chi connectivity index (χ0n) is 15.4. The number of oxazole rings is 1. The number of aromatic nitrogens is 1. The maximum atomic E-state index is 12.6. The average Bonchev–Trinajstić information content (AvgIpc) is 2.98. The van der Waals surface area contributed by atoms with Crippen LogP contribution in [0.3, 0.4) is 0 Å². The van der Waals surface area contributed by atoms with Gasteiger partial charge in [0, 0.05) is 24.3 Å². The number of carbonyl (C=O) groups is 2. The van der Waals surface area contributed by atoms with Crippen molar-refractivity contribution in [2.24, 2.45) is 11.7 Å². The van der Waals surface area contributed by atoms with Gasteiger partial charge in [-0.1, -0.05) is 20.8 Å². The van der Waals surface area contributed by atoms with Crippen molar-refractivity contribution in [3.8, 4) is 0 Å². The van der Waals surface area contributed by atoms with Crippen molar-refractivity contribution >= 4 is 11.8 Å². The number of piperidine rings is 1. The zero-order valence-corrected chi connectivity index (χ0v) is 15.4. The molecule has 0 atom stereocenters. The summed E-state index contributed by atoms with van der Waals surface area (Å²) in [6.45, 7) is 9.29. The number of likely N-dealkylation sites (tertiary alicyclic amines) is 1. The summed E-state index contributed by atoms with van der Waals surface area (Å²) in [5, 5.41) is 0. The van der Waals surface area contributed by atoms with Crippen LogP contribution in [0.25, 0.3) is 0 Å². The van der Waals surface area contributed by atoms with E-state index in [2.05, 4.69) is 30.7 Å². The molecule has 0 spiro atoms. The smallest absolute Gasteiger partial charge is 0.237 e. The van der Waals surface area contributed by atoms with E-state index in [1.807, 2.05) is 4.90 Å². The van der Waals surface area contributed by atoms with Crippen molar-refractivity contribution in [2.75, 3.05) is 26.2 Å². The quantitative estimate of drug-likeness (QED) is 0.881. The van der Waals surface area contributed by atoms with Crippen LogP contribution in [-0.4, -0.2) is 52.8 Å². The summed E-state index contributed by atoms with van der Waals surface area (Å²) >= 11 is 0. The first-order chi connectivity index (χ1) is 11.7. The van der Waals surface area contributed by atoms with Crippen LogP contribution < -0.4 is 5.73 Å². The van der Waals surface area contributed by atoms with Gasteiger partial charge in [0.25, 0.3) is 0 Å². The van der Waals surface area contributed by atoms with Gasteiger partial charge in [-0.2, -0.15) is 0 Å². The molecule has 2 amide bonds. The molecular formula is C18H28N4O3. The summed E-state index contributed by atoms with van der Waals surface area (Å²) in [4.78, 5) is 32.4. The molecule has 138 valence electrons. The molecule has 25 heavy (non-hydrogen) atoms. The molecule has 1 aromatic heterocycles. The van der Waals surface area contributed by atoms with Crippen molar-refractivity contribution in [1.82, 2.24) is 14.8 Å². The highest BCUT2D eigenvalue weighted by molar-refractivity contribution is 5.79. The first kappa shape index (κ1) is 17.9. The number of amides is 2. The summed E-state index contributed by atoms with van der Waals surface area (Å²) in [7, 11) is 0. The molecule has 3 rings (SSSR count).